The van der Waals surface area contributed by atoms with Crippen LogP contribution in [-0.4, -0.2) is 8.80 Å². The number of aromatic nitrogens is 2. The average Bonchev–Trinajstić information content (AvgIpc) is 4.29. The van der Waals surface area contributed by atoms with Gasteiger partial charge < -0.3 is 8.80 Å². The Hall–Kier alpha value is -6.98. The molecule has 0 N–H and O–H groups in total. The molecule has 2 nitrogen and oxygen atoms in total. The molecule has 0 spiro atoms. The summed E-state index contributed by atoms with van der Waals surface area (Å²) in [5.41, 5.74) is 10.2. The molecule has 0 radical (unpaired) electrons. The SMILES string of the molecule is [2H]c1c(-c2ccc3c(c2)c2c4c(cc5c6cc7c(cc6n3c52)c2cc3sc5ccccc5c3c3c5cc(-c6c([2H])c(C(C)(C)C)c([2H])c(C(C)(C)C)c6[2H])ccc5n7c23)sc2ccccc24)c([2H])c(C(C)(C)C)c([2H])c1C(C)(C)C. The molecule has 0 unspecified atom stereocenters. The number of thiophene rings is 2. The van der Waals surface area contributed by atoms with Crippen LogP contribution in [0.25, 0.3) is 139 Å². The smallest absolute Gasteiger partial charge is 0.0632 e. The molecule has 0 amide bonds. The molecule has 0 bridgehead atoms. The Labute approximate surface area is 448 Å². The Morgan fingerprint density at radius 3 is 1.04 bits per heavy atom. The van der Waals surface area contributed by atoms with Gasteiger partial charge in [-0.1, -0.05) is 168 Å². The van der Waals surface area contributed by atoms with Crippen molar-refractivity contribution in [1.29, 1.82) is 0 Å². The van der Waals surface area contributed by atoms with Crippen molar-refractivity contribution < 1.29 is 8.22 Å². The van der Waals surface area contributed by atoms with E-state index in [-0.39, 0.29) is 24.2 Å². The molecule has 0 aliphatic carbocycles. The van der Waals surface area contributed by atoms with Gasteiger partial charge in [0.25, 0.3) is 0 Å². The van der Waals surface area contributed by atoms with E-state index >= 15 is 0 Å². The first kappa shape index (κ1) is 38.6. The minimum Gasteiger partial charge on any atom is -0.308 e. The van der Waals surface area contributed by atoms with Crippen LogP contribution in [0.4, 0.5) is 0 Å². The van der Waals surface area contributed by atoms with E-state index in [1.54, 1.807) is 0 Å². The zero-order chi connectivity index (χ0) is 56.1. The second-order valence-corrected chi connectivity index (χ2v) is 27.4. The van der Waals surface area contributed by atoms with E-state index in [0.717, 1.165) is 65.8 Å². The monoisotopic (exact) mass is 998 g/mol. The van der Waals surface area contributed by atoms with Gasteiger partial charge in [0.1, 0.15) is 0 Å². The summed E-state index contributed by atoms with van der Waals surface area (Å²) in [4.78, 5) is 0. The number of fused-ring (bicyclic) bond motifs is 20. The summed E-state index contributed by atoms with van der Waals surface area (Å²) in [5.74, 6) is 0. The summed E-state index contributed by atoms with van der Waals surface area (Å²) < 4.78 is 68.0. The van der Waals surface area contributed by atoms with Crippen LogP contribution in [0.2, 0.25) is 0 Å². The maximum atomic E-state index is 9.81. The Bertz CT molecular complexity index is 4880. The maximum Gasteiger partial charge on any atom is 0.0632 e. The van der Waals surface area contributed by atoms with Crippen LogP contribution in [0.3, 0.4) is 0 Å². The molecule has 0 atom stereocenters. The summed E-state index contributed by atoms with van der Waals surface area (Å²) in [6, 6.07) is 41.9. The van der Waals surface area contributed by atoms with Crippen molar-refractivity contribution >= 4 is 139 Å². The minimum absolute atomic E-state index is 0.257. The van der Waals surface area contributed by atoms with Crippen LogP contribution in [0.5, 0.6) is 0 Å². The predicted molar refractivity (Wildman–Crippen MR) is 327 cm³/mol. The topological polar surface area (TPSA) is 8.82 Å². The lowest BCUT2D eigenvalue weighted by Gasteiger charge is -2.26. The Balaban J connectivity index is 1.08. The van der Waals surface area contributed by atoms with Gasteiger partial charge in [-0.3, -0.25) is 0 Å². The van der Waals surface area contributed by atoms with Crippen molar-refractivity contribution in [1.82, 2.24) is 8.80 Å². The van der Waals surface area contributed by atoms with Crippen LogP contribution in [0, 0.1) is 0 Å². The highest BCUT2D eigenvalue weighted by atomic mass is 32.1. The average molecular weight is 999 g/mol. The number of hydrogen-bond acceptors (Lipinski definition) is 2. The van der Waals surface area contributed by atoms with Gasteiger partial charge in [0.2, 0.25) is 0 Å². The molecule has 6 aromatic heterocycles. The van der Waals surface area contributed by atoms with Gasteiger partial charge in [-0.05, 0) is 127 Å². The van der Waals surface area contributed by atoms with E-state index in [9.17, 15) is 8.22 Å². The first-order valence-electron chi connectivity index (χ1n) is 29.1. The second kappa shape index (κ2) is 14.4. The molecule has 6 heterocycles. The van der Waals surface area contributed by atoms with Crippen molar-refractivity contribution in [2.24, 2.45) is 0 Å². The fourth-order valence-corrected chi connectivity index (χ4v) is 14.5. The molecule has 0 saturated heterocycles. The molecule has 9 aromatic carbocycles. The number of nitrogens with zero attached hydrogens (tertiary/aromatic N) is 2. The Morgan fingerprint density at radius 1 is 0.311 bits per heavy atom. The van der Waals surface area contributed by atoms with E-state index in [0.29, 0.717) is 45.5 Å². The highest BCUT2D eigenvalue weighted by molar-refractivity contribution is 7.26. The first-order valence-corrected chi connectivity index (χ1v) is 27.7. The third-order valence-corrected chi connectivity index (χ3v) is 18.2. The summed E-state index contributed by atoms with van der Waals surface area (Å²) >= 11 is 3.65. The molecule has 74 heavy (non-hydrogen) atoms. The fourth-order valence-electron chi connectivity index (χ4n) is 12.2. The van der Waals surface area contributed by atoms with Crippen molar-refractivity contribution in [3.63, 3.8) is 0 Å². The van der Waals surface area contributed by atoms with Gasteiger partial charge in [-0.25, -0.2) is 0 Å². The Kier molecular flexibility index (Phi) is 7.53. The van der Waals surface area contributed by atoms with Gasteiger partial charge in [0.15, 0.2) is 0 Å². The van der Waals surface area contributed by atoms with Gasteiger partial charge in [0.05, 0.1) is 41.3 Å². The van der Waals surface area contributed by atoms with Crippen LogP contribution >= 0.6 is 22.7 Å². The molecular formula is C70H60N2S2. The standard InChI is InChI=1S/C70H60N2S2/c1-67(2,3)41-25-39(26-42(31-41)68(4,5)6)37-21-23-53-51(29-37)63-61-45-17-13-15-19-57(45)73-59(61)35-49-47-34-56-48(33-55(47)71(53)65(49)63)50-36-60-62(46-18-14-16-20-58(46)74-60)64-52-30-38(22-24-54(52)72(56)66(50)64)40-27-43(69(7,8)9)32-44(28-40)70(10,11)12/h13-36H,1-12H3/i25D,26D,27D,28D,31D,32D. The molecule has 0 aliphatic rings. The summed E-state index contributed by atoms with van der Waals surface area (Å²) in [5, 5.41) is 14.0. The van der Waals surface area contributed by atoms with Crippen LogP contribution < -0.4 is 0 Å². The summed E-state index contributed by atoms with van der Waals surface area (Å²) in [6.45, 7) is 24.9. The largest absolute Gasteiger partial charge is 0.308 e. The maximum absolute atomic E-state index is 9.81. The van der Waals surface area contributed by atoms with Crippen molar-refractivity contribution in [3.05, 3.63) is 168 Å². The second-order valence-electron chi connectivity index (χ2n) is 25.3. The van der Waals surface area contributed by atoms with Crippen molar-refractivity contribution in [2.75, 3.05) is 0 Å². The molecule has 0 fully saturated rings. The van der Waals surface area contributed by atoms with Crippen LogP contribution in [-0.2, 0) is 21.7 Å². The normalized spacial score (nSPS) is 14.8. The number of hydrogen-bond donors (Lipinski definition) is 0. The van der Waals surface area contributed by atoms with Crippen LogP contribution in [0.15, 0.2) is 145 Å². The van der Waals surface area contributed by atoms with Crippen molar-refractivity contribution in [3.8, 4) is 22.3 Å². The fraction of sp³-hybridized carbons (Fsp3) is 0.229. The third kappa shape index (κ3) is 6.10. The first-order chi connectivity index (χ1) is 37.8. The quantitative estimate of drug-likeness (QED) is 0.163. The lowest BCUT2D eigenvalue weighted by molar-refractivity contribution is 0.568. The minimum atomic E-state index is -0.484. The van der Waals surface area contributed by atoms with Crippen molar-refractivity contribution in [2.45, 2.75) is 105 Å². The number of benzene rings is 9. The van der Waals surface area contributed by atoms with Gasteiger partial charge in [-0.2, -0.15) is 0 Å². The van der Waals surface area contributed by atoms with E-state index in [2.05, 4.69) is 201 Å². The molecule has 0 aliphatic heterocycles. The lowest BCUT2D eigenvalue weighted by Crippen LogP contribution is -2.16. The third-order valence-electron chi connectivity index (χ3n) is 16.0. The molecule has 15 aromatic rings. The molecule has 4 heteroatoms. The Morgan fingerprint density at radius 2 is 0.676 bits per heavy atom. The highest BCUT2D eigenvalue weighted by Gasteiger charge is 2.29. The predicted octanol–water partition coefficient (Wildman–Crippen LogP) is 21.2. The van der Waals surface area contributed by atoms with Gasteiger partial charge >= 0.3 is 0 Å². The molecule has 362 valence electrons. The van der Waals surface area contributed by atoms with E-state index in [4.69, 9.17) is 0 Å². The molecule has 15 rings (SSSR count). The van der Waals surface area contributed by atoms with Gasteiger partial charge in [0, 0.05) is 83.4 Å². The molecule has 0 saturated carbocycles. The lowest BCUT2D eigenvalue weighted by atomic mass is 9.79. The number of rotatable bonds is 2. The van der Waals surface area contributed by atoms with Crippen LogP contribution in [0.1, 0.15) is 114 Å². The van der Waals surface area contributed by atoms with E-state index in [1.165, 1.54) is 61.9 Å². The molecular weight excluding hydrogens is 933 g/mol. The summed E-state index contributed by atoms with van der Waals surface area (Å²) in [7, 11) is 0. The van der Waals surface area contributed by atoms with Gasteiger partial charge in [-0.15, -0.1) is 22.7 Å². The van der Waals surface area contributed by atoms with E-state index < -0.39 is 21.7 Å². The van der Waals surface area contributed by atoms with E-state index in [1.807, 2.05) is 22.7 Å². The zero-order valence-electron chi connectivity index (χ0n) is 50.1. The highest BCUT2D eigenvalue weighted by Crippen LogP contribution is 2.53. The summed E-state index contributed by atoms with van der Waals surface area (Å²) in [6.07, 6.45) is 0. The zero-order valence-corrected chi connectivity index (χ0v) is 45.7.